The maximum absolute atomic E-state index is 14.5. The molecule has 2 aromatic rings. The summed E-state index contributed by atoms with van der Waals surface area (Å²) in [7, 11) is 0. The monoisotopic (exact) mass is 746 g/mol. The van der Waals surface area contributed by atoms with Crippen LogP contribution in [0, 0.1) is 52.3 Å². The number of aliphatic hydroxyl groups is 2. The van der Waals surface area contributed by atoms with Crippen LogP contribution in [-0.2, 0) is 16.6 Å². The Bertz CT molecular complexity index is 1740. The van der Waals surface area contributed by atoms with Gasteiger partial charge in [-0.05, 0) is 105 Å². The molecule has 1 aromatic carbocycles. The number of benzene rings is 1. The number of amides is 1. The fourth-order valence-electron chi connectivity index (χ4n) is 9.53. The molecule has 4 fully saturated rings. The number of hydrogen-bond donors (Lipinski definition) is 3. The number of halogens is 5. The van der Waals surface area contributed by atoms with E-state index in [1.54, 1.807) is 11.5 Å². The second-order valence-electron chi connectivity index (χ2n) is 16.1. The number of aryl methyl sites for hydroxylation is 1. The molecule has 1 heterocycles. The number of unbranched alkanes of at least 4 members (excludes halogenated alkanes) is 1. The number of nitrogens with zero attached hydrogens (tertiary/aromatic N) is 1. The van der Waals surface area contributed by atoms with Crippen molar-refractivity contribution in [2.24, 2.45) is 23.2 Å². The summed E-state index contributed by atoms with van der Waals surface area (Å²) < 4.78 is 82.5. The van der Waals surface area contributed by atoms with Crippen molar-refractivity contribution in [2.45, 2.75) is 134 Å². The van der Waals surface area contributed by atoms with Gasteiger partial charge >= 0.3 is 6.09 Å². The second kappa shape index (κ2) is 15.7. The van der Waals surface area contributed by atoms with Gasteiger partial charge < -0.3 is 19.4 Å². The van der Waals surface area contributed by atoms with Gasteiger partial charge in [-0.3, -0.25) is 5.32 Å². The van der Waals surface area contributed by atoms with Gasteiger partial charge in [0.2, 0.25) is 11.7 Å². The highest BCUT2D eigenvalue weighted by Gasteiger charge is 2.57. The van der Waals surface area contributed by atoms with Crippen LogP contribution in [0.2, 0.25) is 0 Å². The minimum Gasteiger partial charge on any atom is -0.445 e. The average molecular weight is 747 g/mol. The Hall–Kier alpha value is -3.51. The van der Waals surface area contributed by atoms with E-state index in [1.165, 1.54) is 5.57 Å². The van der Waals surface area contributed by atoms with Gasteiger partial charge in [0.15, 0.2) is 23.3 Å². The lowest BCUT2D eigenvalue weighted by Crippen LogP contribution is -2.37. The number of ether oxygens (including phenoxy) is 1. The molecule has 290 valence electrons. The fraction of sp³-hybridized carbons (Fsp3) is 0.610. The molecule has 0 bridgehead atoms. The van der Waals surface area contributed by atoms with Crippen LogP contribution in [0.15, 0.2) is 46.1 Å². The van der Waals surface area contributed by atoms with E-state index in [0.29, 0.717) is 74.0 Å². The number of aromatic nitrogens is 1. The predicted molar refractivity (Wildman–Crippen MR) is 189 cm³/mol. The molecule has 7 nitrogen and oxygen atoms in total. The van der Waals surface area contributed by atoms with Crippen molar-refractivity contribution < 1.29 is 46.1 Å². The minimum absolute atomic E-state index is 0.0259. The number of aliphatic hydroxyl groups excluding tert-OH is 2. The van der Waals surface area contributed by atoms with Crippen LogP contribution in [0.25, 0.3) is 0 Å². The van der Waals surface area contributed by atoms with Crippen LogP contribution in [-0.4, -0.2) is 39.6 Å². The van der Waals surface area contributed by atoms with E-state index >= 15 is 0 Å². The molecule has 6 rings (SSSR count). The van der Waals surface area contributed by atoms with E-state index in [4.69, 9.17) is 9.15 Å². The van der Waals surface area contributed by atoms with Crippen LogP contribution < -0.4 is 5.32 Å². The number of rotatable bonds is 12. The molecule has 12 heteroatoms. The summed E-state index contributed by atoms with van der Waals surface area (Å²) in [5.41, 5.74) is 0.692. The Labute approximate surface area is 307 Å². The van der Waals surface area contributed by atoms with E-state index in [2.05, 4.69) is 38.4 Å². The molecule has 4 saturated carbocycles. The van der Waals surface area contributed by atoms with Crippen LogP contribution in [0.3, 0.4) is 0 Å². The van der Waals surface area contributed by atoms with E-state index in [9.17, 15) is 37.0 Å². The summed E-state index contributed by atoms with van der Waals surface area (Å²) in [6, 6.07) is 0. The van der Waals surface area contributed by atoms with Gasteiger partial charge in [-0.1, -0.05) is 51.5 Å². The zero-order valence-corrected chi connectivity index (χ0v) is 30.8. The smallest absolute Gasteiger partial charge is 0.412 e. The molecule has 3 N–H and O–H groups in total. The van der Waals surface area contributed by atoms with Crippen molar-refractivity contribution in [1.82, 2.24) is 4.98 Å². The minimum atomic E-state index is -2.32. The molecular weight excluding hydrogens is 695 g/mol. The highest BCUT2D eigenvalue weighted by Crippen LogP contribution is 2.60. The zero-order chi connectivity index (χ0) is 38.2. The van der Waals surface area contributed by atoms with Crippen LogP contribution in [0.5, 0.6) is 0 Å². The number of hydrogen-bond acceptors (Lipinski definition) is 6. The first-order valence-electron chi connectivity index (χ1n) is 19.1. The highest BCUT2D eigenvalue weighted by atomic mass is 19.2. The quantitative estimate of drug-likeness (QED) is 0.114. The molecular formula is C41H51F5N2O5. The van der Waals surface area contributed by atoms with Crippen LogP contribution >= 0.6 is 0 Å². The Morgan fingerprint density at radius 1 is 1.08 bits per heavy atom. The summed E-state index contributed by atoms with van der Waals surface area (Å²) in [5.74, 6) is -8.91. The average Bonchev–Trinajstić information content (AvgIpc) is 3.65. The topological polar surface area (TPSA) is 105 Å². The third-order valence-corrected chi connectivity index (χ3v) is 12.7. The van der Waals surface area contributed by atoms with Gasteiger partial charge in [-0.2, -0.15) is 0 Å². The zero-order valence-electron chi connectivity index (χ0n) is 30.8. The lowest BCUT2D eigenvalue weighted by molar-refractivity contribution is 0.0537. The van der Waals surface area contributed by atoms with Gasteiger partial charge in [0.05, 0.1) is 23.8 Å². The van der Waals surface area contributed by atoms with E-state index < -0.39 is 64.6 Å². The van der Waals surface area contributed by atoms with E-state index in [-0.39, 0.29) is 11.3 Å². The summed E-state index contributed by atoms with van der Waals surface area (Å²) >= 11 is 0. The molecule has 0 unspecified atom stereocenters. The van der Waals surface area contributed by atoms with Crippen LogP contribution in [0.4, 0.5) is 32.4 Å². The molecule has 1 aromatic heterocycles. The first-order valence-corrected chi connectivity index (χ1v) is 19.1. The molecule has 4 aliphatic rings. The maximum atomic E-state index is 14.5. The van der Waals surface area contributed by atoms with Gasteiger partial charge in [0.25, 0.3) is 0 Å². The number of allylic oxidation sites excluding steroid dienone is 3. The Morgan fingerprint density at radius 2 is 1.77 bits per heavy atom. The molecule has 7 atom stereocenters. The van der Waals surface area contributed by atoms with Crippen molar-refractivity contribution in [2.75, 3.05) is 5.32 Å². The molecule has 53 heavy (non-hydrogen) atoms. The van der Waals surface area contributed by atoms with E-state index in [1.807, 2.05) is 6.08 Å². The number of carbonyl (C=O) groups excluding carboxylic acids is 1. The normalized spacial score (nSPS) is 29.3. The largest absolute Gasteiger partial charge is 0.445 e. The number of oxazole rings is 1. The molecule has 0 saturated heterocycles. The molecule has 0 radical (unpaired) electrons. The molecule has 0 spiro atoms. The summed E-state index contributed by atoms with van der Waals surface area (Å²) in [6.45, 7) is 10.7. The lowest BCUT2D eigenvalue weighted by atomic mass is 9.60. The van der Waals surface area contributed by atoms with Gasteiger partial charge in [0, 0.05) is 12.8 Å². The number of carbonyl (C=O) groups is 1. The Balaban J connectivity index is 1.20. The van der Waals surface area contributed by atoms with Crippen LogP contribution in [0.1, 0.15) is 116 Å². The fourth-order valence-corrected chi connectivity index (χ4v) is 9.53. The molecule has 0 aliphatic heterocycles. The van der Waals surface area contributed by atoms with Gasteiger partial charge in [-0.25, -0.2) is 31.7 Å². The summed E-state index contributed by atoms with van der Waals surface area (Å²) in [5, 5.41) is 22.3. The first-order chi connectivity index (χ1) is 25.2. The number of nitrogens with one attached hydrogen (secondary N) is 1. The second-order valence-corrected chi connectivity index (χ2v) is 16.1. The standard InChI is InChI=1S/C41H51F5N2O5/c1-5-6-9-27-21-47-38(52-27)41(17-18-41)31(53-39(51)48-37-35(45)33(43)32(42)34(44)36(37)46)15-10-22(2)28-13-14-29-24(8-7-16-40(28,29)4)11-12-25-19-26(49)20-30(50)23(25)3/h11-12,21-22,26,28-31,49-50H,3,5-10,13-20H2,1-2,4H3,(H,48,51)/t22-,26-,28-,29+,30+,31+,40-/m1/s1. The van der Waals surface area contributed by atoms with Gasteiger partial charge in [-0.15, -0.1) is 0 Å². The van der Waals surface area contributed by atoms with Gasteiger partial charge in [0.1, 0.15) is 17.6 Å². The highest BCUT2D eigenvalue weighted by molar-refractivity contribution is 5.85. The first kappa shape index (κ1) is 39.2. The lowest BCUT2D eigenvalue weighted by Gasteiger charge is -2.44. The Morgan fingerprint density at radius 3 is 2.45 bits per heavy atom. The Kier molecular flexibility index (Phi) is 11.6. The third kappa shape index (κ3) is 7.72. The SMILES string of the molecule is C=C1C(=CC=C2CCC[C@]3(C)[C@@H]([C@H](C)CC[C@H](OC(=O)Nc4c(F)c(F)c(F)c(F)c4F)C4(c5ncc(CCCC)o5)CC4)CC[C@@H]23)C[C@@H](O)C[C@@H]1O. The third-order valence-electron chi connectivity index (χ3n) is 12.7. The van der Waals surface area contributed by atoms with E-state index in [0.717, 1.165) is 50.5 Å². The number of anilines is 1. The predicted octanol–water partition coefficient (Wildman–Crippen LogP) is 9.92. The molecule has 4 aliphatic carbocycles. The maximum Gasteiger partial charge on any atom is 0.412 e. The summed E-state index contributed by atoms with van der Waals surface area (Å²) in [6.07, 6.45) is 13.0. The van der Waals surface area contributed by atoms with Crippen molar-refractivity contribution in [3.05, 3.63) is 82.4 Å². The summed E-state index contributed by atoms with van der Waals surface area (Å²) in [4.78, 5) is 17.7. The van der Waals surface area contributed by atoms with Crippen molar-refractivity contribution in [1.29, 1.82) is 0 Å². The molecule has 1 amide bonds. The van der Waals surface area contributed by atoms with Crippen molar-refractivity contribution in [3.63, 3.8) is 0 Å². The number of fused-ring (bicyclic) bond motifs is 1. The van der Waals surface area contributed by atoms with Crippen molar-refractivity contribution in [3.8, 4) is 0 Å². The van der Waals surface area contributed by atoms with Crippen molar-refractivity contribution >= 4 is 11.8 Å².